The number of hydrogen-bond donors (Lipinski definition) is 3. The van der Waals surface area contributed by atoms with Gasteiger partial charge in [0.2, 0.25) is 5.95 Å². The largest absolute Gasteiger partial charge is 0.396 e. The summed E-state index contributed by atoms with van der Waals surface area (Å²) >= 11 is 6.02. The lowest BCUT2D eigenvalue weighted by Crippen LogP contribution is -2.04. The first-order valence-electron chi connectivity index (χ1n) is 8.91. The lowest BCUT2D eigenvalue weighted by Gasteiger charge is -2.09. The number of aliphatic hydroxyl groups excluding tert-OH is 1. The minimum absolute atomic E-state index is 0.243. The summed E-state index contributed by atoms with van der Waals surface area (Å²) in [5, 5.41) is 15.9. The molecule has 7 heteroatoms. The van der Waals surface area contributed by atoms with Crippen molar-refractivity contribution in [2.75, 3.05) is 23.8 Å². The van der Waals surface area contributed by atoms with Crippen molar-refractivity contribution in [2.45, 2.75) is 19.3 Å². The first kappa shape index (κ1) is 19.1. The van der Waals surface area contributed by atoms with Gasteiger partial charge >= 0.3 is 0 Å². The van der Waals surface area contributed by atoms with E-state index in [1.165, 1.54) is 0 Å². The molecule has 0 atom stereocenters. The van der Waals surface area contributed by atoms with Crippen LogP contribution in [0.1, 0.15) is 19.3 Å². The number of nitrogens with zero attached hydrogens (tertiary/aromatic N) is 3. The molecule has 1 aromatic carbocycles. The van der Waals surface area contributed by atoms with Crippen molar-refractivity contribution < 1.29 is 5.11 Å². The number of benzene rings is 1. The summed E-state index contributed by atoms with van der Waals surface area (Å²) in [5.41, 5.74) is 2.60. The van der Waals surface area contributed by atoms with Crippen LogP contribution in [0, 0.1) is 0 Å². The smallest absolute Gasteiger partial charge is 0.227 e. The van der Waals surface area contributed by atoms with Gasteiger partial charge in [-0.2, -0.15) is 0 Å². The van der Waals surface area contributed by atoms with Crippen LogP contribution in [0.2, 0.25) is 5.02 Å². The third-order valence-corrected chi connectivity index (χ3v) is 4.17. The van der Waals surface area contributed by atoms with E-state index >= 15 is 0 Å². The Morgan fingerprint density at radius 3 is 2.70 bits per heavy atom. The van der Waals surface area contributed by atoms with E-state index in [2.05, 4.69) is 25.6 Å². The van der Waals surface area contributed by atoms with Gasteiger partial charge in [-0.05, 0) is 55.7 Å². The number of anilines is 3. The molecular weight excluding hydrogens is 362 g/mol. The lowest BCUT2D eigenvalue weighted by molar-refractivity contribution is 0.283. The molecule has 2 aromatic heterocycles. The molecule has 6 nitrogen and oxygen atoms in total. The van der Waals surface area contributed by atoms with Crippen molar-refractivity contribution in [3.05, 3.63) is 59.9 Å². The van der Waals surface area contributed by atoms with E-state index in [1.54, 1.807) is 12.4 Å². The number of aromatic nitrogens is 3. The maximum Gasteiger partial charge on any atom is 0.227 e. The summed E-state index contributed by atoms with van der Waals surface area (Å²) in [5.74, 6) is 1.31. The molecule has 0 aliphatic carbocycles. The fourth-order valence-electron chi connectivity index (χ4n) is 2.59. The van der Waals surface area contributed by atoms with Gasteiger partial charge in [-0.15, -0.1) is 0 Å². The van der Waals surface area contributed by atoms with Crippen molar-refractivity contribution in [3.63, 3.8) is 0 Å². The van der Waals surface area contributed by atoms with Crippen LogP contribution in [0.25, 0.3) is 11.3 Å². The van der Waals surface area contributed by atoms with Crippen LogP contribution >= 0.6 is 11.6 Å². The molecule has 3 N–H and O–H groups in total. The molecule has 0 spiro atoms. The molecule has 3 aromatic rings. The van der Waals surface area contributed by atoms with Gasteiger partial charge in [-0.25, -0.2) is 15.0 Å². The molecule has 0 aliphatic rings. The molecule has 0 bridgehead atoms. The van der Waals surface area contributed by atoms with E-state index in [4.69, 9.17) is 16.7 Å². The predicted octanol–water partition coefficient (Wildman–Crippen LogP) is 4.51. The Kier molecular flexibility index (Phi) is 6.96. The molecule has 27 heavy (non-hydrogen) atoms. The van der Waals surface area contributed by atoms with Crippen LogP contribution in [0.3, 0.4) is 0 Å². The van der Waals surface area contributed by atoms with Gasteiger partial charge in [0.15, 0.2) is 0 Å². The standard InChI is InChI=1S/C20H22ClN5O/c21-16-5-4-6-17(14-16)25-20-24-11-8-18(26-20)15-7-10-23-19(13-15)22-9-2-1-3-12-27/h4-8,10-11,13-14,27H,1-3,9,12H2,(H,22,23)(H,24,25,26). The van der Waals surface area contributed by atoms with Gasteiger partial charge in [-0.3, -0.25) is 0 Å². The highest BCUT2D eigenvalue weighted by Crippen LogP contribution is 2.22. The molecule has 0 saturated carbocycles. The molecule has 0 unspecified atom stereocenters. The SMILES string of the molecule is OCCCCCNc1cc(-c2ccnc(Nc3cccc(Cl)c3)n2)ccn1. The van der Waals surface area contributed by atoms with Crippen molar-refractivity contribution in [1.82, 2.24) is 15.0 Å². The van der Waals surface area contributed by atoms with Crippen LogP contribution < -0.4 is 10.6 Å². The molecule has 0 amide bonds. The summed E-state index contributed by atoms with van der Waals surface area (Å²) < 4.78 is 0. The second-order valence-corrected chi connectivity index (χ2v) is 6.48. The van der Waals surface area contributed by atoms with Crippen molar-refractivity contribution in [2.24, 2.45) is 0 Å². The second kappa shape index (κ2) is 9.85. The quantitative estimate of drug-likeness (QED) is 0.471. The molecule has 0 saturated heterocycles. The van der Waals surface area contributed by atoms with Gasteiger partial charge in [0.1, 0.15) is 5.82 Å². The second-order valence-electron chi connectivity index (χ2n) is 6.04. The summed E-state index contributed by atoms with van der Waals surface area (Å²) in [6.45, 7) is 1.06. The highest BCUT2D eigenvalue weighted by atomic mass is 35.5. The van der Waals surface area contributed by atoms with Gasteiger partial charge < -0.3 is 15.7 Å². The summed E-state index contributed by atoms with van der Waals surface area (Å²) in [6.07, 6.45) is 6.30. The van der Waals surface area contributed by atoms with Gasteiger partial charge in [0, 0.05) is 41.8 Å². The molecule has 2 heterocycles. The van der Waals surface area contributed by atoms with Crippen LogP contribution in [-0.2, 0) is 0 Å². The van der Waals surface area contributed by atoms with Crippen molar-refractivity contribution >= 4 is 29.1 Å². The number of unbranched alkanes of at least 4 members (excludes halogenated alkanes) is 2. The Morgan fingerprint density at radius 2 is 1.85 bits per heavy atom. The number of rotatable bonds is 9. The number of hydrogen-bond acceptors (Lipinski definition) is 6. The molecule has 140 valence electrons. The first-order valence-corrected chi connectivity index (χ1v) is 9.29. The van der Waals surface area contributed by atoms with E-state index in [0.717, 1.165) is 48.6 Å². The maximum atomic E-state index is 8.82. The van der Waals surface area contributed by atoms with Crippen LogP contribution in [-0.4, -0.2) is 33.2 Å². The Morgan fingerprint density at radius 1 is 0.963 bits per heavy atom. The number of pyridine rings is 1. The minimum Gasteiger partial charge on any atom is -0.396 e. The highest BCUT2D eigenvalue weighted by Gasteiger charge is 2.05. The molecule has 0 fully saturated rings. The van der Waals surface area contributed by atoms with Crippen LogP contribution in [0.5, 0.6) is 0 Å². The monoisotopic (exact) mass is 383 g/mol. The Hall–Kier alpha value is -2.70. The zero-order valence-corrected chi connectivity index (χ0v) is 15.7. The Labute approximate surface area is 163 Å². The third kappa shape index (κ3) is 5.91. The number of nitrogens with one attached hydrogen (secondary N) is 2. The summed E-state index contributed by atoms with van der Waals surface area (Å²) in [4.78, 5) is 13.2. The van der Waals surface area contributed by atoms with Crippen molar-refractivity contribution in [1.29, 1.82) is 0 Å². The predicted molar refractivity (Wildman–Crippen MR) is 109 cm³/mol. The minimum atomic E-state index is 0.243. The third-order valence-electron chi connectivity index (χ3n) is 3.93. The van der Waals surface area contributed by atoms with E-state index in [0.29, 0.717) is 11.0 Å². The zero-order chi connectivity index (χ0) is 18.9. The van der Waals surface area contributed by atoms with Gasteiger partial charge in [-0.1, -0.05) is 17.7 Å². The van der Waals surface area contributed by atoms with Crippen LogP contribution in [0.4, 0.5) is 17.5 Å². The van der Waals surface area contributed by atoms with E-state index in [9.17, 15) is 0 Å². The normalized spacial score (nSPS) is 10.6. The van der Waals surface area contributed by atoms with Crippen LogP contribution in [0.15, 0.2) is 54.9 Å². The number of halogens is 1. The lowest BCUT2D eigenvalue weighted by atomic mass is 10.2. The zero-order valence-electron chi connectivity index (χ0n) is 14.9. The molecule has 0 radical (unpaired) electrons. The molecular formula is C20H22ClN5O. The fourth-order valence-corrected chi connectivity index (χ4v) is 2.78. The number of aliphatic hydroxyl groups is 1. The average Bonchev–Trinajstić information content (AvgIpc) is 2.68. The fraction of sp³-hybridized carbons (Fsp3) is 0.250. The van der Waals surface area contributed by atoms with E-state index in [-0.39, 0.29) is 6.61 Å². The van der Waals surface area contributed by atoms with E-state index in [1.807, 2.05) is 42.5 Å². The summed E-state index contributed by atoms with van der Waals surface area (Å²) in [7, 11) is 0. The average molecular weight is 384 g/mol. The summed E-state index contributed by atoms with van der Waals surface area (Å²) in [6, 6.07) is 13.2. The molecule has 0 aliphatic heterocycles. The van der Waals surface area contributed by atoms with Gasteiger partial charge in [0.05, 0.1) is 5.69 Å². The Bertz CT molecular complexity index is 874. The van der Waals surface area contributed by atoms with Gasteiger partial charge in [0.25, 0.3) is 0 Å². The van der Waals surface area contributed by atoms with E-state index < -0.39 is 0 Å². The van der Waals surface area contributed by atoms with Crippen molar-refractivity contribution in [3.8, 4) is 11.3 Å². The maximum absolute atomic E-state index is 8.82. The first-order chi connectivity index (χ1) is 13.2. The highest BCUT2D eigenvalue weighted by molar-refractivity contribution is 6.30. The Balaban J connectivity index is 1.68. The molecule has 3 rings (SSSR count). The topological polar surface area (TPSA) is 83.0 Å².